The van der Waals surface area contributed by atoms with E-state index in [2.05, 4.69) is 54.6 Å². The third-order valence-electron chi connectivity index (χ3n) is 11.6. The van der Waals surface area contributed by atoms with Crippen LogP contribution in [0.1, 0.15) is 86.5 Å². The van der Waals surface area contributed by atoms with Crippen molar-refractivity contribution < 1.29 is 13.9 Å². The fourth-order valence-electron chi connectivity index (χ4n) is 8.96. The van der Waals surface area contributed by atoms with Gasteiger partial charge in [-0.1, -0.05) is 41.5 Å². The Bertz CT molecular complexity index is 687. The predicted molar refractivity (Wildman–Crippen MR) is 135 cm³/mol. The highest BCUT2D eigenvalue weighted by Crippen LogP contribution is 2.67. The summed E-state index contributed by atoms with van der Waals surface area (Å²) in [6.07, 6.45) is 10.3. The minimum Gasteiger partial charge on any atom is -0.414 e. The van der Waals surface area contributed by atoms with Crippen molar-refractivity contribution in [2.45, 2.75) is 123 Å². The Morgan fingerprint density at radius 1 is 0.844 bits per heavy atom. The van der Waals surface area contributed by atoms with Crippen molar-refractivity contribution in [3.8, 4) is 0 Å². The van der Waals surface area contributed by atoms with Crippen LogP contribution in [0.25, 0.3) is 0 Å². The zero-order valence-corrected chi connectivity index (χ0v) is 23.8. The van der Waals surface area contributed by atoms with Crippen molar-refractivity contribution in [1.29, 1.82) is 0 Å². The molecule has 1 unspecified atom stereocenters. The highest BCUT2D eigenvalue weighted by molar-refractivity contribution is 6.74. The molecule has 0 aromatic heterocycles. The van der Waals surface area contributed by atoms with Gasteiger partial charge in [0, 0.05) is 20.3 Å². The molecule has 0 N–H and O–H groups in total. The second-order valence-corrected chi connectivity index (χ2v) is 19.0. The van der Waals surface area contributed by atoms with Crippen LogP contribution >= 0.6 is 0 Å². The van der Waals surface area contributed by atoms with E-state index in [1.165, 1.54) is 44.9 Å². The molecule has 4 heteroatoms. The number of ether oxygens (including phenoxy) is 2. The first-order valence-corrected chi connectivity index (χ1v) is 16.4. The van der Waals surface area contributed by atoms with Crippen molar-refractivity contribution in [1.82, 2.24) is 0 Å². The van der Waals surface area contributed by atoms with Gasteiger partial charge in [-0.3, -0.25) is 0 Å². The molecule has 0 amide bonds. The van der Waals surface area contributed by atoms with Gasteiger partial charge in [-0.15, -0.1) is 0 Å². The molecule has 0 aromatic carbocycles. The fraction of sp³-hybridized carbons (Fsp3) is 1.00. The van der Waals surface area contributed by atoms with E-state index < -0.39 is 8.32 Å². The SMILES string of the molecule is CO[C@H]1C[C@]2(C)[C@@H](OC)CC[C@H]2[C@@H]2CC[C@H]3CC(O[Si](C)(C)C(C)(C)C)[C@H](C)C[C@]3(C)[C@H]21. The van der Waals surface area contributed by atoms with Gasteiger partial charge in [0.1, 0.15) is 0 Å². The first kappa shape index (κ1) is 25.2. The lowest BCUT2D eigenvalue weighted by Gasteiger charge is -2.64. The fourth-order valence-corrected chi connectivity index (χ4v) is 10.4. The highest BCUT2D eigenvalue weighted by atomic mass is 28.4. The van der Waals surface area contributed by atoms with Gasteiger partial charge in [-0.2, -0.15) is 0 Å². The number of hydrogen-bond donors (Lipinski definition) is 0. The van der Waals surface area contributed by atoms with Gasteiger partial charge in [0.25, 0.3) is 0 Å². The van der Waals surface area contributed by atoms with Gasteiger partial charge in [0.15, 0.2) is 8.32 Å². The first-order valence-electron chi connectivity index (χ1n) is 13.5. The number of methoxy groups -OCH3 is 2. The molecule has 0 spiro atoms. The second kappa shape index (κ2) is 8.35. The van der Waals surface area contributed by atoms with Gasteiger partial charge in [0.05, 0.1) is 12.2 Å². The summed E-state index contributed by atoms with van der Waals surface area (Å²) in [4.78, 5) is 0. The van der Waals surface area contributed by atoms with Crippen LogP contribution in [0.5, 0.6) is 0 Å². The molecular weight excluding hydrogens is 412 g/mol. The Labute approximate surface area is 199 Å². The van der Waals surface area contributed by atoms with Crippen molar-refractivity contribution in [3.05, 3.63) is 0 Å². The Balaban J connectivity index is 1.59. The summed E-state index contributed by atoms with van der Waals surface area (Å²) in [5, 5.41) is 0.278. The van der Waals surface area contributed by atoms with Crippen LogP contribution in [-0.4, -0.2) is 40.8 Å². The molecule has 10 atom stereocenters. The molecular formula is C28H52O3Si. The zero-order valence-electron chi connectivity index (χ0n) is 22.8. The van der Waals surface area contributed by atoms with Gasteiger partial charge < -0.3 is 13.9 Å². The highest BCUT2D eigenvalue weighted by Gasteiger charge is 2.64. The van der Waals surface area contributed by atoms with Gasteiger partial charge >= 0.3 is 0 Å². The van der Waals surface area contributed by atoms with Crippen LogP contribution in [0, 0.1) is 40.4 Å². The summed E-state index contributed by atoms with van der Waals surface area (Å²) < 4.78 is 19.4. The van der Waals surface area contributed by atoms with E-state index >= 15 is 0 Å². The van der Waals surface area contributed by atoms with Crippen LogP contribution in [0.15, 0.2) is 0 Å². The van der Waals surface area contributed by atoms with Crippen LogP contribution in [0.2, 0.25) is 18.1 Å². The molecule has 4 saturated carbocycles. The topological polar surface area (TPSA) is 27.7 Å². The van der Waals surface area contributed by atoms with Crippen LogP contribution in [-0.2, 0) is 13.9 Å². The minimum atomic E-state index is -1.75. The molecule has 0 aromatic rings. The molecule has 0 aliphatic heterocycles. The molecule has 4 rings (SSSR count). The molecule has 0 bridgehead atoms. The summed E-state index contributed by atoms with van der Waals surface area (Å²) in [6.45, 7) is 19.6. The van der Waals surface area contributed by atoms with Crippen molar-refractivity contribution in [2.75, 3.05) is 14.2 Å². The Morgan fingerprint density at radius 2 is 1.53 bits per heavy atom. The zero-order chi connectivity index (χ0) is 23.7. The second-order valence-electron chi connectivity index (χ2n) is 14.2. The summed E-state index contributed by atoms with van der Waals surface area (Å²) in [5.41, 5.74) is 0.664. The van der Waals surface area contributed by atoms with Crippen molar-refractivity contribution in [3.63, 3.8) is 0 Å². The standard InChI is InChI=1S/C28H52O3Si/c1-18-16-27(5)19(15-22(18)31-32(9,10)26(2,3)4)11-12-20-21-13-14-24(30-8)28(21,6)17-23(29-7)25(20)27/h18-25H,11-17H2,1-10H3/t18-,19+,20+,21+,22?,23+,24+,25-,27+,28+/m1/s1. The summed E-state index contributed by atoms with van der Waals surface area (Å²) in [6, 6.07) is 0. The monoisotopic (exact) mass is 464 g/mol. The van der Waals surface area contributed by atoms with Crippen molar-refractivity contribution >= 4 is 8.32 Å². The van der Waals surface area contributed by atoms with E-state index in [4.69, 9.17) is 13.9 Å². The third kappa shape index (κ3) is 3.78. The maximum absolute atomic E-state index is 7.04. The molecule has 4 aliphatic rings. The van der Waals surface area contributed by atoms with Gasteiger partial charge in [-0.05, 0) is 103 Å². The average molecular weight is 465 g/mol. The van der Waals surface area contributed by atoms with E-state index in [0.717, 1.165) is 17.8 Å². The molecule has 4 fully saturated rings. The smallest absolute Gasteiger partial charge is 0.192 e. The molecule has 0 saturated heterocycles. The number of fused-ring (bicyclic) bond motifs is 5. The third-order valence-corrected chi connectivity index (χ3v) is 16.1. The average Bonchev–Trinajstić information content (AvgIpc) is 3.03. The van der Waals surface area contributed by atoms with E-state index in [9.17, 15) is 0 Å². The van der Waals surface area contributed by atoms with E-state index in [1.807, 2.05) is 14.2 Å². The number of rotatable bonds is 4. The maximum atomic E-state index is 7.04. The van der Waals surface area contributed by atoms with Gasteiger partial charge in [-0.25, -0.2) is 0 Å². The molecule has 0 radical (unpaired) electrons. The summed E-state index contributed by atoms with van der Waals surface area (Å²) >= 11 is 0. The van der Waals surface area contributed by atoms with Crippen LogP contribution in [0.3, 0.4) is 0 Å². The van der Waals surface area contributed by atoms with Crippen LogP contribution in [0.4, 0.5) is 0 Å². The first-order chi connectivity index (χ1) is 14.8. The Hall–Kier alpha value is 0.0969. The minimum absolute atomic E-state index is 0.278. The molecule has 32 heavy (non-hydrogen) atoms. The molecule has 4 aliphatic carbocycles. The lowest BCUT2D eigenvalue weighted by molar-refractivity contribution is -0.198. The summed E-state index contributed by atoms with van der Waals surface area (Å²) in [7, 11) is 2.16. The van der Waals surface area contributed by atoms with E-state index in [0.29, 0.717) is 35.6 Å². The van der Waals surface area contributed by atoms with Crippen molar-refractivity contribution in [2.24, 2.45) is 40.4 Å². The lowest BCUT2D eigenvalue weighted by atomic mass is 9.43. The molecule has 186 valence electrons. The molecule has 3 nitrogen and oxygen atoms in total. The maximum Gasteiger partial charge on any atom is 0.192 e. The van der Waals surface area contributed by atoms with Crippen LogP contribution < -0.4 is 0 Å². The summed E-state index contributed by atoms with van der Waals surface area (Å²) in [5.74, 6) is 3.70. The molecule has 0 heterocycles. The predicted octanol–water partition coefficient (Wildman–Crippen LogP) is 7.31. The Morgan fingerprint density at radius 3 is 2.12 bits per heavy atom. The van der Waals surface area contributed by atoms with E-state index in [1.54, 1.807) is 0 Å². The lowest BCUT2D eigenvalue weighted by Crippen LogP contribution is -2.61. The van der Waals surface area contributed by atoms with E-state index in [-0.39, 0.29) is 10.5 Å². The van der Waals surface area contributed by atoms with Gasteiger partial charge in [0.2, 0.25) is 0 Å². The quantitative estimate of drug-likeness (QED) is 0.408. The normalized spacial score (nSPS) is 49.3. The largest absolute Gasteiger partial charge is 0.414 e. The number of hydrogen-bond acceptors (Lipinski definition) is 3. The Kier molecular flexibility index (Phi) is 6.57.